The van der Waals surface area contributed by atoms with Gasteiger partial charge in [0, 0.05) is 37.7 Å². The Morgan fingerprint density at radius 3 is 1.97 bits per heavy atom. The van der Waals surface area contributed by atoms with Crippen LogP contribution in [0.25, 0.3) is 11.1 Å². The molecule has 2 amide bonds. The van der Waals surface area contributed by atoms with Gasteiger partial charge < -0.3 is 9.80 Å². The standard InChI is InChI=1S/C27H25FN2O2/c28-23-12-10-21(11-13-23)24-18-25(24)27(32)30-16-14-29(15-17-30)26(31)22-8-6-20(7-9-22)19-4-2-1-3-5-19/h1-13,24-25H,14-18H2. The fraction of sp³-hybridized carbons (Fsp3) is 0.259. The second-order valence-electron chi connectivity index (χ2n) is 8.56. The molecule has 2 aliphatic rings. The van der Waals surface area contributed by atoms with E-state index in [0.717, 1.165) is 23.1 Å². The van der Waals surface area contributed by atoms with Gasteiger partial charge in [0.25, 0.3) is 5.91 Å². The van der Waals surface area contributed by atoms with Crippen molar-refractivity contribution in [1.82, 2.24) is 9.80 Å². The normalized spacial score (nSPS) is 20.2. The van der Waals surface area contributed by atoms with Crippen molar-refractivity contribution in [1.29, 1.82) is 0 Å². The molecule has 5 rings (SSSR count). The molecule has 0 aromatic heterocycles. The summed E-state index contributed by atoms with van der Waals surface area (Å²) >= 11 is 0. The summed E-state index contributed by atoms with van der Waals surface area (Å²) in [7, 11) is 0. The molecule has 2 atom stereocenters. The van der Waals surface area contributed by atoms with E-state index in [0.29, 0.717) is 31.7 Å². The number of carbonyl (C=O) groups is 2. The maximum Gasteiger partial charge on any atom is 0.253 e. The van der Waals surface area contributed by atoms with Crippen molar-refractivity contribution < 1.29 is 14.0 Å². The molecule has 0 bridgehead atoms. The minimum absolute atomic E-state index is 0.00678. The van der Waals surface area contributed by atoms with Crippen molar-refractivity contribution >= 4 is 11.8 Å². The topological polar surface area (TPSA) is 40.6 Å². The third-order valence-corrected chi connectivity index (χ3v) is 6.52. The molecule has 2 unspecified atom stereocenters. The Hall–Kier alpha value is -3.47. The fourth-order valence-corrected chi connectivity index (χ4v) is 4.53. The third-order valence-electron chi connectivity index (χ3n) is 6.52. The summed E-state index contributed by atoms with van der Waals surface area (Å²) in [6, 6.07) is 24.2. The molecule has 3 aromatic carbocycles. The van der Waals surface area contributed by atoms with Crippen LogP contribution in [0.4, 0.5) is 4.39 Å². The van der Waals surface area contributed by atoms with Crippen molar-refractivity contribution in [3.8, 4) is 11.1 Å². The molecular weight excluding hydrogens is 403 g/mol. The van der Waals surface area contributed by atoms with E-state index in [1.165, 1.54) is 12.1 Å². The van der Waals surface area contributed by atoms with Crippen molar-refractivity contribution in [2.24, 2.45) is 5.92 Å². The van der Waals surface area contributed by atoms with Crippen LogP contribution in [0.15, 0.2) is 78.9 Å². The van der Waals surface area contributed by atoms with Crippen molar-refractivity contribution in [2.75, 3.05) is 26.2 Å². The van der Waals surface area contributed by atoms with Gasteiger partial charge >= 0.3 is 0 Å². The lowest BCUT2D eigenvalue weighted by atomic mass is 10.0. The Balaban J connectivity index is 1.16. The summed E-state index contributed by atoms with van der Waals surface area (Å²) in [5, 5.41) is 0. The van der Waals surface area contributed by atoms with E-state index in [2.05, 4.69) is 0 Å². The minimum atomic E-state index is -0.257. The van der Waals surface area contributed by atoms with E-state index in [1.807, 2.05) is 64.4 Å². The van der Waals surface area contributed by atoms with Gasteiger partial charge in [-0.2, -0.15) is 0 Å². The van der Waals surface area contributed by atoms with Gasteiger partial charge in [-0.15, -0.1) is 0 Å². The lowest BCUT2D eigenvalue weighted by Gasteiger charge is -2.35. The van der Waals surface area contributed by atoms with Crippen LogP contribution >= 0.6 is 0 Å². The number of amides is 2. The third kappa shape index (κ3) is 4.15. The average Bonchev–Trinajstić information content (AvgIpc) is 3.65. The Kier molecular flexibility index (Phi) is 5.48. The van der Waals surface area contributed by atoms with Gasteiger partial charge in [0.15, 0.2) is 0 Å². The van der Waals surface area contributed by atoms with Gasteiger partial charge in [0.05, 0.1) is 0 Å². The molecule has 1 heterocycles. The van der Waals surface area contributed by atoms with E-state index >= 15 is 0 Å². The van der Waals surface area contributed by atoms with Crippen molar-refractivity contribution in [3.63, 3.8) is 0 Å². The Bertz CT molecular complexity index is 1100. The fourth-order valence-electron chi connectivity index (χ4n) is 4.53. The average molecular weight is 429 g/mol. The molecule has 1 saturated heterocycles. The minimum Gasteiger partial charge on any atom is -0.339 e. The zero-order valence-corrected chi connectivity index (χ0v) is 17.8. The smallest absolute Gasteiger partial charge is 0.253 e. The lowest BCUT2D eigenvalue weighted by Crippen LogP contribution is -2.51. The summed E-state index contributed by atoms with van der Waals surface area (Å²) in [5.74, 6) is 0.0675. The number of hydrogen-bond acceptors (Lipinski definition) is 2. The Morgan fingerprint density at radius 2 is 1.31 bits per heavy atom. The van der Waals surface area contributed by atoms with E-state index < -0.39 is 0 Å². The quantitative estimate of drug-likeness (QED) is 0.610. The van der Waals surface area contributed by atoms with Crippen LogP contribution in [0.3, 0.4) is 0 Å². The predicted molar refractivity (Wildman–Crippen MR) is 122 cm³/mol. The molecule has 1 aliphatic heterocycles. The van der Waals surface area contributed by atoms with E-state index in [1.54, 1.807) is 12.1 Å². The molecule has 0 spiro atoms. The Morgan fingerprint density at radius 1 is 0.719 bits per heavy atom. The SMILES string of the molecule is O=C(c1ccc(-c2ccccc2)cc1)N1CCN(C(=O)C2CC2c2ccc(F)cc2)CC1. The lowest BCUT2D eigenvalue weighted by molar-refractivity contribution is -0.134. The van der Waals surface area contributed by atoms with Crippen LogP contribution in [0.5, 0.6) is 0 Å². The van der Waals surface area contributed by atoms with Gasteiger partial charge in [-0.05, 0) is 53.3 Å². The van der Waals surface area contributed by atoms with Crippen LogP contribution in [0, 0.1) is 11.7 Å². The van der Waals surface area contributed by atoms with Crippen molar-refractivity contribution in [2.45, 2.75) is 12.3 Å². The van der Waals surface area contributed by atoms with E-state index in [9.17, 15) is 14.0 Å². The predicted octanol–water partition coefficient (Wildman–Crippen LogP) is 4.58. The van der Waals surface area contributed by atoms with E-state index in [4.69, 9.17) is 0 Å². The first-order valence-corrected chi connectivity index (χ1v) is 11.1. The monoisotopic (exact) mass is 428 g/mol. The van der Waals surface area contributed by atoms with E-state index in [-0.39, 0.29) is 29.5 Å². The molecule has 162 valence electrons. The second kappa shape index (κ2) is 8.58. The highest BCUT2D eigenvalue weighted by Gasteiger charge is 2.46. The number of benzene rings is 3. The first-order valence-electron chi connectivity index (χ1n) is 11.1. The highest BCUT2D eigenvalue weighted by Crippen LogP contribution is 2.48. The zero-order chi connectivity index (χ0) is 22.1. The maximum atomic E-state index is 13.1. The van der Waals surface area contributed by atoms with Gasteiger partial charge in [0.2, 0.25) is 5.91 Å². The van der Waals surface area contributed by atoms with Crippen molar-refractivity contribution in [3.05, 3.63) is 95.8 Å². The molecule has 2 fully saturated rings. The highest BCUT2D eigenvalue weighted by atomic mass is 19.1. The molecule has 1 aliphatic carbocycles. The summed E-state index contributed by atoms with van der Waals surface area (Å²) in [6.07, 6.45) is 0.817. The van der Waals surface area contributed by atoms with Crippen LogP contribution in [0.1, 0.15) is 28.3 Å². The summed E-state index contributed by atoms with van der Waals surface area (Å²) in [4.78, 5) is 29.5. The summed E-state index contributed by atoms with van der Waals surface area (Å²) in [5.41, 5.74) is 3.90. The molecule has 0 radical (unpaired) electrons. The zero-order valence-electron chi connectivity index (χ0n) is 17.8. The largest absolute Gasteiger partial charge is 0.339 e. The molecule has 32 heavy (non-hydrogen) atoms. The van der Waals surface area contributed by atoms with Crippen LogP contribution in [-0.2, 0) is 4.79 Å². The number of nitrogens with zero attached hydrogens (tertiary/aromatic N) is 2. The molecule has 4 nitrogen and oxygen atoms in total. The van der Waals surface area contributed by atoms with Gasteiger partial charge in [-0.3, -0.25) is 9.59 Å². The molecule has 0 N–H and O–H groups in total. The number of carbonyl (C=O) groups excluding carboxylic acids is 2. The molecule has 3 aromatic rings. The molecule has 5 heteroatoms. The highest BCUT2D eigenvalue weighted by molar-refractivity contribution is 5.95. The number of rotatable bonds is 4. The summed E-state index contributed by atoms with van der Waals surface area (Å²) < 4.78 is 13.1. The summed E-state index contributed by atoms with van der Waals surface area (Å²) in [6.45, 7) is 2.19. The van der Waals surface area contributed by atoms with Gasteiger partial charge in [-0.25, -0.2) is 4.39 Å². The van der Waals surface area contributed by atoms with Crippen LogP contribution in [0.2, 0.25) is 0 Å². The van der Waals surface area contributed by atoms with Gasteiger partial charge in [0.1, 0.15) is 5.82 Å². The van der Waals surface area contributed by atoms with Crippen LogP contribution < -0.4 is 0 Å². The maximum absolute atomic E-state index is 13.1. The molecule has 1 saturated carbocycles. The first-order chi connectivity index (χ1) is 15.6. The second-order valence-corrected chi connectivity index (χ2v) is 8.56. The number of halogens is 1. The van der Waals surface area contributed by atoms with Crippen LogP contribution in [-0.4, -0.2) is 47.8 Å². The Labute approximate surface area is 187 Å². The number of piperazine rings is 1. The first kappa shape index (κ1) is 20.4. The molecular formula is C27H25FN2O2. The van der Waals surface area contributed by atoms with Gasteiger partial charge in [-0.1, -0.05) is 54.6 Å². The number of hydrogen-bond donors (Lipinski definition) is 0.